The van der Waals surface area contributed by atoms with Crippen molar-refractivity contribution in [1.82, 2.24) is 4.98 Å². The van der Waals surface area contributed by atoms with Gasteiger partial charge in [0.25, 0.3) is 0 Å². The summed E-state index contributed by atoms with van der Waals surface area (Å²) in [6.45, 7) is 11.9. The van der Waals surface area contributed by atoms with Gasteiger partial charge >= 0.3 is 0 Å². The molecule has 0 aliphatic carbocycles. The van der Waals surface area contributed by atoms with Crippen LogP contribution in [0.2, 0.25) is 0 Å². The van der Waals surface area contributed by atoms with Gasteiger partial charge < -0.3 is 14.7 Å². The average Bonchev–Trinajstić information content (AvgIpc) is 2.79. The maximum Gasteiger partial charge on any atom is 0.213 e. The van der Waals surface area contributed by atoms with Crippen LogP contribution in [0.1, 0.15) is 37.6 Å². The van der Waals surface area contributed by atoms with Crippen LogP contribution in [0.5, 0.6) is 5.88 Å². The summed E-state index contributed by atoms with van der Waals surface area (Å²) in [5.41, 5.74) is 4.26. The summed E-state index contributed by atoms with van der Waals surface area (Å²) in [6.07, 6.45) is 5.47. The number of aliphatic hydroxyl groups is 1. The molecule has 1 atom stereocenters. The number of anilines is 1. The molecule has 0 bridgehead atoms. The minimum Gasteiger partial charge on any atom is -0.477 e. The third-order valence-corrected chi connectivity index (χ3v) is 4.65. The number of ether oxygens (including phenoxy) is 1. The highest BCUT2D eigenvalue weighted by Gasteiger charge is 2.10. The van der Waals surface area contributed by atoms with E-state index in [0.717, 1.165) is 11.3 Å². The molecule has 1 N–H and O–H groups in total. The number of pyridine rings is 1. The minimum atomic E-state index is -0.235. The molecule has 0 aliphatic rings. The molecule has 2 aromatic rings. The standard InChI is InChI=1S/C14H18FNO2S.C9H13N.C2H6/c1-3-5-13-12(4-2)6-7-14(16-13)18-9-11(8-17)10-19-15;1-8-4-6-9(7-5-8)10(2)3;1-2/h3-7,11,17H,2,8-10H2,1H3;4-7H,1-3H3;1-2H3/b5-3-;;. The Balaban J connectivity index is 0.000000628. The summed E-state index contributed by atoms with van der Waals surface area (Å²) in [5, 5.41) is 9.05. The molecular weight excluding hydrogens is 411 g/mol. The largest absolute Gasteiger partial charge is 0.477 e. The number of aliphatic hydroxyl groups excluding tert-OH is 1. The summed E-state index contributed by atoms with van der Waals surface area (Å²) in [4.78, 5) is 6.43. The van der Waals surface area contributed by atoms with Crippen molar-refractivity contribution in [2.75, 3.05) is 38.0 Å². The molecule has 4 nitrogen and oxygen atoms in total. The zero-order valence-electron chi connectivity index (χ0n) is 19.6. The van der Waals surface area contributed by atoms with Gasteiger partial charge in [0, 0.05) is 49.7 Å². The third-order valence-electron chi connectivity index (χ3n) is 4.05. The molecule has 0 aliphatic heterocycles. The molecule has 0 saturated carbocycles. The van der Waals surface area contributed by atoms with E-state index in [1.165, 1.54) is 11.3 Å². The summed E-state index contributed by atoms with van der Waals surface area (Å²) >= 11 is 0.202. The van der Waals surface area contributed by atoms with Gasteiger partial charge in [-0.05, 0) is 43.7 Å². The SMILES string of the molecule is C=Cc1ccc(OCC(CO)CSF)nc1/C=C\C.CC.Cc1ccc(N(C)C)cc1. The normalized spacial score (nSPS) is 11.0. The van der Waals surface area contributed by atoms with Gasteiger partial charge in [-0.3, -0.25) is 0 Å². The van der Waals surface area contributed by atoms with E-state index in [1.807, 2.05) is 53.1 Å². The van der Waals surface area contributed by atoms with Gasteiger partial charge in [0.15, 0.2) is 0 Å². The van der Waals surface area contributed by atoms with Crippen molar-refractivity contribution < 1.29 is 13.7 Å². The van der Waals surface area contributed by atoms with E-state index in [9.17, 15) is 3.89 Å². The first kappa shape index (κ1) is 28.7. The number of allylic oxidation sites excluding steroid dienone is 1. The molecule has 1 aromatic carbocycles. The molecule has 31 heavy (non-hydrogen) atoms. The van der Waals surface area contributed by atoms with Crippen LogP contribution in [0, 0.1) is 12.8 Å². The quantitative estimate of drug-likeness (QED) is 0.478. The Morgan fingerprint density at radius 1 is 1.19 bits per heavy atom. The van der Waals surface area contributed by atoms with Gasteiger partial charge in [-0.2, -0.15) is 3.89 Å². The van der Waals surface area contributed by atoms with E-state index < -0.39 is 0 Å². The fraction of sp³-hybridized carbons (Fsp3) is 0.400. The highest BCUT2D eigenvalue weighted by atomic mass is 32.2. The van der Waals surface area contributed by atoms with E-state index in [4.69, 9.17) is 9.84 Å². The van der Waals surface area contributed by atoms with Gasteiger partial charge in [-0.1, -0.05) is 50.3 Å². The van der Waals surface area contributed by atoms with Crippen LogP contribution in [0.4, 0.5) is 9.57 Å². The van der Waals surface area contributed by atoms with Crippen LogP contribution in [0.3, 0.4) is 0 Å². The fourth-order valence-corrected chi connectivity index (χ4v) is 2.68. The van der Waals surface area contributed by atoms with E-state index in [2.05, 4.69) is 47.7 Å². The van der Waals surface area contributed by atoms with Crippen molar-refractivity contribution in [1.29, 1.82) is 0 Å². The lowest BCUT2D eigenvalue weighted by molar-refractivity contribution is 0.173. The van der Waals surface area contributed by atoms with Crippen molar-refractivity contribution in [3.8, 4) is 5.88 Å². The second-order valence-corrected chi connectivity index (χ2v) is 7.24. The first-order chi connectivity index (χ1) is 14.9. The van der Waals surface area contributed by atoms with E-state index >= 15 is 0 Å². The van der Waals surface area contributed by atoms with E-state index in [-0.39, 0.29) is 37.0 Å². The predicted octanol–water partition coefficient (Wildman–Crippen LogP) is 6.45. The number of hydrogen-bond donors (Lipinski definition) is 1. The highest BCUT2D eigenvalue weighted by molar-refractivity contribution is 7.94. The van der Waals surface area contributed by atoms with Crippen molar-refractivity contribution in [3.05, 3.63) is 65.9 Å². The number of hydrogen-bond acceptors (Lipinski definition) is 5. The molecule has 0 saturated heterocycles. The van der Waals surface area contributed by atoms with E-state index in [0.29, 0.717) is 5.88 Å². The summed E-state index contributed by atoms with van der Waals surface area (Å²) in [5.74, 6) is 0.435. The van der Waals surface area contributed by atoms with Crippen LogP contribution >= 0.6 is 12.1 Å². The van der Waals surface area contributed by atoms with Crippen molar-refractivity contribution in [2.45, 2.75) is 27.7 Å². The molecule has 0 amide bonds. The summed E-state index contributed by atoms with van der Waals surface area (Å²) in [7, 11) is 4.09. The lowest BCUT2D eigenvalue weighted by atomic mass is 10.2. The monoisotopic (exact) mass is 448 g/mol. The van der Waals surface area contributed by atoms with Crippen LogP contribution in [0.25, 0.3) is 12.2 Å². The van der Waals surface area contributed by atoms with Crippen LogP contribution < -0.4 is 9.64 Å². The topological polar surface area (TPSA) is 45.6 Å². The molecule has 0 radical (unpaired) electrons. The predicted molar refractivity (Wildman–Crippen MR) is 136 cm³/mol. The van der Waals surface area contributed by atoms with E-state index in [1.54, 1.807) is 12.1 Å². The Bertz CT molecular complexity index is 765. The van der Waals surface area contributed by atoms with Gasteiger partial charge in [-0.15, -0.1) is 0 Å². The maximum atomic E-state index is 12.1. The van der Waals surface area contributed by atoms with Gasteiger partial charge in [-0.25, -0.2) is 4.98 Å². The number of nitrogens with zero attached hydrogens (tertiary/aromatic N) is 2. The lowest BCUT2D eigenvalue weighted by Gasteiger charge is -2.13. The number of aryl methyl sites for hydroxylation is 1. The first-order valence-corrected chi connectivity index (χ1v) is 11.3. The van der Waals surface area contributed by atoms with Crippen molar-refractivity contribution in [3.63, 3.8) is 0 Å². The number of rotatable bonds is 9. The molecule has 0 spiro atoms. The second-order valence-electron chi connectivity index (χ2n) is 6.69. The molecule has 172 valence electrons. The van der Waals surface area contributed by atoms with Crippen LogP contribution in [-0.2, 0) is 0 Å². The van der Waals surface area contributed by atoms with Crippen molar-refractivity contribution >= 4 is 30.0 Å². The Morgan fingerprint density at radius 3 is 2.32 bits per heavy atom. The molecule has 0 fully saturated rings. The Hall–Kier alpha value is -2.31. The van der Waals surface area contributed by atoms with Gasteiger partial charge in [0.2, 0.25) is 5.88 Å². The minimum absolute atomic E-state index is 0.108. The lowest BCUT2D eigenvalue weighted by Crippen LogP contribution is -2.18. The van der Waals surface area contributed by atoms with Gasteiger partial charge in [0.05, 0.1) is 18.9 Å². The Morgan fingerprint density at radius 2 is 1.84 bits per heavy atom. The highest BCUT2D eigenvalue weighted by Crippen LogP contribution is 2.17. The zero-order chi connectivity index (χ0) is 23.6. The third kappa shape index (κ3) is 11.6. The Labute approximate surface area is 192 Å². The zero-order valence-corrected chi connectivity index (χ0v) is 20.5. The smallest absolute Gasteiger partial charge is 0.213 e. The van der Waals surface area contributed by atoms with Crippen molar-refractivity contribution in [2.24, 2.45) is 5.92 Å². The molecule has 1 aromatic heterocycles. The fourth-order valence-electron chi connectivity index (χ4n) is 2.30. The molecule has 1 heterocycles. The molecular formula is C25H37FN2O2S. The number of benzene rings is 1. The summed E-state index contributed by atoms with van der Waals surface area (Å²) < 4.78 is 17.6. The van der Waals surface area contributed by atoms with Crippen LogP contribution in [-0.4, -0.2) is 43.2 Å². The second kappa shape index (κ2) is 17.4. The molecule has 1 unspecified atom stereocenters. The molecule has 2 rings (SSSR count). The Kier molecular flexibility index (Phi) is 16.1. The summed E-state index contributed by atoms with van der Waals surface area (Å²) in [6, 6.07) is 12.1. The first-order valence-electron chi connectivity index (χ1n) is 10.4. The van der Waals surface area contributed by atoms with Crippen LogP contribution in [0.15, 0.2) is 49.1 Å². The number of aromatic nitrogens is 1. The van der Waals surface area contributed by atoms with Gasteiger partial charge in [0.1, 0.15) is 0 Å². The number of halogens is 1. The molecule has 6 heteroatoms. The maximum absolute atomic E-state index is 12.1. The average molecular weight is 449 g/mol.